The number of ether oxygens (including phenoxy) is 2. The molecule has 0 aliphatic heterocycles. The molecular weight excluding hydrogens is 308 g/mol. The second-order valence-electron chi connectivity index (χ2n) is 5.15. The second-order valence-corrected chi connectivity index (χ2v) is 5.15. The maximum absolute atomic E-state index is 11.1. The Kier molecular flexibility index (Phi) is 6.84. The van der Waals surface area contributed by atoms with E-state index >= 15 is 0 Å². The van der Waals surface area contributed by atoms with Crippen molar-refractivity contribution in [1.29, 1.82) is 0 Å². The Morgan fingerprint density at radius 1 is 1.12 bits per heavy atom. The van der Waals surface area contributed by atoms with Crippen LogP contribution in [-0.2, 0) is 9.47 Å². The minimum Gasteiger partial charge on any atom is -0.351 e. The first-order valence-corrected chi connectivity index (χ1v) is 8.02. The molecule has 0 unspecified atom stereocenters. The van der Waals surface area contributed by atoms with Crippen LogP contribution >= 0.6 is 0 Å². The third-order valence-corrected chi connectivity index (χ3v) is 3.52. The highest BCUT2D eigenvalue weighted by Crippen LogP contribution is 2.19. The van der Waals surface area contributed by atoms with Gasteiger partial charge in [-0.2, -0.15) is 0 Å². The number of fused-ring (bicyclic) bond motifs is 1. The van der Waals surface area contributed by atoms with Gasteiger partial charge in [0, 0.05) is 23.7 Å². The van der Waals surface area contributed by atoms with Crippen LogP contribution in [0.1, 0.15) is 19.4 Å². The lowest BCUT2D eigenvalue weighted by atomic mass is 10.0. The Bertz CT molecular complexity index is 704. The second kappa shape index (κ2) is 9.10. The molecule has 2 aromatic rings. The smallest absolute Gasteiger partial charge is 0.245 e. The van der Waals surface area contributed by atoms with Crippen LogP contribution in [0.4, 0.5) is 0 Å². The lowest BCUT2D eigenvalue weighted by Crippen LogP contribution is -2.23. The SMILES string of the molecule is CCOC(CN=C(C[N+](=O)[O-])c1cccc2ccccc12)OCC. The quantitative estimate of drug-likeness (QED) is 0.306. The van der Waals surface area contributed by atoms with Crippen molar-refractivity contribution in [2.24, 2.45) is 4.99 Å². The first-order valence-electron chi connectivity index (χ1n) is 8.02. The summed E-state index contributed by atoms with van der Waals surface area (Å²) in [6, 6.07) is 13.5. The van der Waals surface area contributed by atoms with E-state index in [-0.39, 0.29) is 18.0 Å². The number of aliphatic imine (C=N–C) groups is 1. The lowest BCUT2D eigenvalue weighted by molar-refractivity contribution is -0.462. The van der Waals surface area contributed by atoms with Gasteiger partial charge in [-0.05, 0) is 24.6 Å². The molecule has 6 nitrogen and oxygen atoms in total. The van der Waals surface area contributed by atoms with Crippen LogP contribution in [0.25, 0.3) is 10.8 Å². The van der Waals surface area contributed by atoms with Crippen molar-refractivity contribution in [3.63, 3.8) is 0 Å². The molecule has 0 saturated heterocycles. The molecule has 0 N–H and O–H groups in total. The van der Waals surface area contributed by atoms with Gasteiger partial charge in [-0.25, -0.2) is 0 Å². The molecule has 0 amide bonds. The number of nitrogens with zero attached hydrogens (tertiary/aromatic N) is 2. The molecule has 0 atom stereocenters. The molecule has 2 rings (SSSR count). The average molecular weight is 330 g/mol. The zero-order chi connectivity index (χ0) is 17.4. The van der Waals surface area contributed by atoms with Crippen molar-refractivity contribution in [3.05, 3.63) is 58.1 Å². The molecular formula is C18H22N2O4. The number of benzene rings is 2. The van der Waals surface area contributed by atoms with Crippen molar-refractivity contribution >= 4 is 16.5 Å². The highest BCUT2D eigenvalue weighted by molar-refractivity contribution is 6.11. The van der Waals surface area contributed by atoms with E-state index in [9.17, 15) is 10.1 Å². The van der Waals surface area contributed by atoms with Crippen LogP contribution < -0.4 is 0 Å². The predicted octanol–water partition coefficient (Wildman–Crippen LogP) is 3.30. The molecule has 6 heteroatoms. The lowest BCUT2D eigenvalue weighted by Gasteiger charge is -2.15. The Morgan fingerprint density at radius 2 is 1.79 bits per heavy atom. The van der Waals surface area contributed by atoms with E-state index in [4.69, 9.17) is 9.47 Å². The molecule has 24 heavy (non-hydrogen) atoms. The molecule has 0 aliphatic carbocycles. The van der Waals surface area contributed by atoms with Gasteiger partial charge in [-0.15, -0.1) is 0 Å². The van der Waals surface area contributed by atoms with Crippen LogP contribution in [0.5, 0.6) is 0 Å². The van der Waals surface area contributed by atoms with Crippen molar-refractivity contribution in [1.82, 2.24) is 0 Å². The summed E-state index contributed by atoms with van der Waals surface area (Å²) in [6.07, 6.45) is -0.489. The normalized spacial score (nSPS) is 12.0. The van der Waals surface area contributed by atoms with Gasteiger partial charge in [0.05, 0.1) is 6.54 Å². The largest absolute Gasteiger partial charge is 0.351 e. The summed E-state index contributed by atoms with van der Waals surface area (Å²) in [5.41, 5.74) is 1.21. The number of hydrogen-bond donors (Lipinski definition) is 0. The van der Waals surface area contributed by atoms with Crippen LogP contribution in [-0.4, -0.2) is 43.2 Å². The average Bonchev–Trinajstić information content (AvgIpc) is 2.58. The molecule has 0 aromatic heterocycles. The molecule has 0 heterocycles. The maximum Gasteiger partial charge on any atom is 0.245 e. The summed E-state index contributed by atoms with van der Waals surface area (Å²) in [7, 11) is 0. The first-order chi connectivity index (χ1) is 11.7. The van der Waals surface area contributed by atoms with Gasteiger partial charge < -0.3 is 9.47 Å². The summed E-state index contributed by atoms with van der Waals surface area (Å²) in [4.78, 5) is 15.2. The standard InChI is InChI=1S/C18H22N2O4/c1-3-23-18(24-4-2)12-19-17(13-20(21)22)16-11-7-9-14-8-5-6-10-15(14)16/h5-11,18H,3-4,12-13H2,1-2H3. The van der Waals surface area contributed by atoms with Crippen molar-refractivity contribution in [2.75, 3.05) is 26.3 Å². The molecule has 0 saturated carbocycles. The zero-order valence-corrected chi connectivity index (χ0v) is 14.0. The first kappa shape index (κ1) is 18.0. The van der Waals surface area contributed by atoms with E-state index in [1.165, 1.54) is 0 Å². The number of rotatable bonds is 9. The fraction of sp³-hybridized carbons (Fsp3) is 0.389. The maximum atomic E-state index is 11.1. The van der Waals surface area contributed by atoms with E-state index in [0.29, 0.717) is 18.9 Å². The summed E-state index contributed by atoms with van der Waals surface area (Å²) >= 11 is 0. The molecule has 128 valence electrons. The number of hydrogen-bond acceptors (Lipinski definition) is 5. The van der Waals surface area contributed by atoms with E-state index in [0.717, 1.165) is 16.3 Å². The third-order valence-electron chi connectivity index (χ3n) is 3.52. The van der Waals surface area contributed by atoms with Gasteiger partial charge in [0.2, 0.25) is 6.54 Å². The molecule has 0 fully saturated rings. The van der Waals surface area contributed by atoms with Crippen LogP contribution in [0.2, 0.25) is 0 Å². The Morgan fingerprint density at radius 3 is 2.46 bits per heavy atom. The van der Waals surface area contributed by atoms with E-state index in [1.807, 2.05) is 56.3 Å². The van der Waals surface area contributed by atoms with Crippen LogP contribution in [0.3, 0.4) is 0 Å². The molecule has 0 spiro atoms. The zero-order valence-electron chi connectivity index (χ0n) is 14.0. The molecule has 0 aliphatic rings. The molecule has 2 aromatic carbocycles. The minimum absolute atomic E-state index is 0.230. The van der Waals surface area contributed by atoms with E-state index in [1.54, 1.807) is 0 Å². The fourth-order valence-electron chi connectivity index (χ4n) is 2.53. The van der Waals surface area contributed by atoms with E-state index < -0.39 is 6.29 Å². The van der Waals surface area contributed by atoms with Crippen LogP contribution in [0, 0.1) is 10.1 Å². The summed E-state index contributed by atoms with van der Waals surface area (Å²) in [6.45, 7) is 4.64. The fourth-order valence-corrected chi connectivity index (χ4v) is 2.53. The van der Waals surface area contributed by atoms with Gasteiger partial charge in [-0.3, -0.25) is 15.1 Å². The van der Waals surface area contributed by atoms with Gasteiger partial charge in [0.15, 0.2) is 6.29 Å². The Hall–Kier alpha value is -2.31. The Labute approximate surface area is 141 Å². The van der Waals surface area contributed by atoms with Crippen molar-refractivity contribution in [2.45, 2.75) is 20.1 Å². The highest BCUT2D eigenvalue weighted by atomic mass is 16.7. The Balaban J connectivity index is 2.36. The van der Waals surface area contributed by atoms with Crippen molar-refractivity contribution < 1.29 is 14.4 Å². The topological polar surface area (TPSA) is 74.0 Å². The van der Waals surface area contributed by atoms with E-state index in [2.05, 4.69) is 4.99 Å². The summed E-state index contributed by atoms with van der Waals surface area (Å²) < 4.78 is 10.9. The van der Waals surface area contributed by atoms with Crippen molar-refractivity contribution in [3.8, 4) is 0 Å². The predicted molar refractivity (Wildman–Crippen MR) is 94.3 cm³/mol. The van der Waals surface area contributed by atoms with Gasteiger partial charge in [0.1, 0.15) is 5.71 Å². The van der Waals surface area contributed by atoms with Gasteiger partial charge >= 0.3 is 0 Å². The highest BCUT2D eigenvalue weighted by Gasteiger charge is 2.15. The summed E-state index contributed by atoms with van der Waals surface area (Å²) in [5, 5.41) is 13.1. The minimum atomic E-state index is -0.489. The van der Waals surface area contributed by atoms with Crippen LogP contribution in [0.15, 0.2) is 47.5 Å². The monoisotopic (exact) mass is 330 g/mol. The van der Waals surface area contributed by atoms with Gasteiger partial charge in [0.25, 0.3) is 0 Å². The van der Waals surface area contributed by atoms with Gasteiger partial charge in [-0.1, -0.05) is 42.5 Å². The summed E-state index contributed by atoms with van der Waals surface area (Å²) in [5.74, 6) is 0. The number of nitro groups is 1. The molecule has 0 bridgehead atoms. The third kappa shape index (κ3) is 4.84. The molecule has 0 radical (unpaired) electrons.